The van der Waals surface area contributed by atoms with Crippen molar-refractivity contribution in [1.82, 2.24) is 20.5 Å². The summed E-state index contributed by atoms with van der Waals surface area (Å²) in [5, 5.41) is 10.8. The van der Waals surface area contributed by atoms with Gasteiger partial charge in [0.2, 0.25) is 0 Å². The van der Waals surface area contributed by atoms with Crippen LogP contribution >= 0.6 is 0 Å². The third-order valence-corrected chi connectivity index (χ3v) is 3.68. The van der Waals surface area contributed by atoms with Crippen LogP contribution in [-0.4, -0.2) is 28.3 Å². The van der Waals surface area contributed by atoms with Crippen LogP contribution < -0.4 is 5.32 Å². The summed E-state index contributed by atoms with van der Waals surface area (Å²) in [6, 6.07) is 0. The predicted molar refractivity (Wildman–Crippen MR) is 62.3 cm³/mol. The molecule has 1 atom stereocenters. The number of aryl methyl sites for hydroxylation is 1. The van der Waals surface area contributed by atoms with Crippen LogP contribution in [0.4, 0.5) is 0 Å². The van der Waals surface area contributed by atoms with Gasteiger partial charge in [-0.1, -0.05) is 0 Å². The van der Waals surface area contributed by atoms with Crippen molar-refractivity contribution in [1.29, 1.82) is 0 Å². The zero-order chi connectivity index (χ0) is 10.8. The first kappa shape index (κ1) is 10.3. The standard InChI is InChI=1S/C12H20N4/c1-2-9(8-13-7-1)3-6-11-14-12(16-15-11)10-4-5-10/h9-10,13H,1-8H2,(H,14,15,16). The van der Waals surface area contributed by atoms with Crippen molar-refractivity contribution in [3.63, 3.8) is 0 Å². The Morgan fingerprint density at radius 1 is 1.25 bits per heavy atom. The van der Waals surface area contributed by atoms with E-state index < -0.39 is 0 Å². The fraction of sp³-hybridized carbons (Fsp3) is 0.833. The van der Waals surface area contributed by atoms with Gasteiger partial charge in [0.1, 0.15) is 5.82 Å². The van der Waals surface area contributed by atoms with Crippen molar-refractivity contribution in [2.45, 2.75) is 44.4 Å². The van der Waals surface area contributed by atoms with Gasteiger partial charge in [-0.3, -0.25) is 5.10 Å². The van der Waals surface area contributed by atoms with Crippen molar-refractivity contribution in [3.8, 4) is 0 Å². The highest BCUT2D eigenvalue weighted by molar-refractivity contribution is 5.05. The molecule has 1 aliphatic carbocycles. The molecule has 1 saturated carbocycles. The van der Waals surface area contributed by atoms with Crippen LogP contribution in [0.25, 0.3) is 0 Å². The molecule has 0 aromatic carbocycles. The molecule has 0 radical (unpaired) electrons. The van der Waals surface area contributed by atoms with Gasteiger partial charge in [0.15, 0.2) is 5.82 Å². The minimum atomic E-state index is 0.668. The van der Waals surface area contributed by atoms with Crippen LogP contribution in [0.15, 0.2) is 0 Å². The van der Waals surface area contributed by atoms with E-state index in [1.54, 1.807) is 0 Å². The molecule has 1 aliphatic heterocycles. The summed E-state index contributed by atoms with van der Waals surface area (Å²) in [5.74, 6) is 3.65. The van der Waals surface area contributed by atoms with Gasteiger partial charge in [-0.15, -0.1) is 0 Å². The van der Waals surface area contributed by atoms with Crippen LogP contribution in [0.3, 0.4) is 0 Å². The van der Waals surface area contributed by atoms with Gasteiger partial charge >= 0.3 is 0 Å². The lowest BCUT2D eigenvalue weighted by atomic mass is 9.95. The first-order valence-electron chi connectivity index (χ1n) is 6.54. The SMILES string of the molecule is C1CNCC(CCc2nc(C3CC3)n[nH]2)C1. The maximum Gasteiger partial charge on any atom is 0.153 e. The van der Waals surface area contributed by atoms with Gasteiger partial charge < -0.3 is 5.32 Å². The Morgan fingerprint density at radius 3 is 2.94 bits per heavy atom. The van der Waals surface area contributed by atoms with Gasteiger partial charge in [-0.05, 0) is 51.1 Å². The zero-order valence-corrected chi connectivity index (χ0v) is 9.71. The topological polar surface area (TPSA) is 53.6 Å². The maximum atomic E-state index is 4.57. The molecule has 2 N–H and O–H groups in total. The number of nitrogens with one attached hydrogen (secondary N) is 2. The van der Waals surface area contributed by atoms with Crippen molar-refractivity contribution < 1.29 is 0 Å². The molecule has 2 aliphatic rings. The molecular formula is C12H20N4. The Hall–Kier alpha value is -0.900. The van der Waals surface area contributed by atoms with E-state index in [1.165, 1.54) is 45.2 Å². The molecule has 0 bridgehead atoms. The van der Waals surface area contributed by atoms with Crippen molar-refractivity contribution in [2.75, 3.05) is 13.1 Å². The van der Waals surface area contributed by atoms with Gasteiger partial charge in [-0.25, -0.2) is 4.98 Å². The molecule has 3 rings (SSSR count). The third-order valence-electron chi connectivity index (χ3n) is 3.68. The highest BCUT2D eigenvalue weighted by Gasteiger charge is 2.27. The van der Waals surface area contributed by atoms with Crippen molar-refractivity contribution >= 4 is 0 Å². The molecule has 0 spiro atoms. The van der Waals surface area contributed by atoms with E-state index in [-0.39, 0.29) is 0 Å². The second kappa shape index (κ2) is 4.53. The summed E-state index contributed by atoms with van der Waals surface area (Å²) < 4.78 is 0. The van der Waals surface area contributed by atoms with E-state index in [4.69, 9.17) is 0 Å². The summed E-state index contributed by atoms with van der Waals surface area (Å²) in [6.07, 6.45) is 7.57. The average Bonchev–Trinajstić information content (AvgIpc) is 3.08. The number of aromatic nitrogens is 3. The number of rotatable bonds is 4. The number of piperidine rings is 1. The Balaban J connectivity index is 1.49. The minimum Gasteiger partial charge on any atom is -0.316 e. The van der Waals surface area contributed by atoms with Gasteiger partial charge in [0, 0.05) is 12.3 Å². The van der Waals surface area contributed by atoms with Gasteiger partial charge in [0.25, 0.3) is 0 Å². The molecule has 1 aromatic rings. The summed E-state index contributed by atoms with van der Waals surface area (Å²) in [6.45, 7) is 2.38. The molecule has 1 saturated heterocycles. The van der Waals surface area contributed by atoms with Crippen molar-refractivity contribution in [2.24, 2.45) is 5.92 Å². The molecule has 16 heavy (non-hydrogen) atoms. The fourth-order valence-corrected chi connectivity index (χ4v) is 2.46. The lowest BCUT2D eigenvalue weighted by Gasteiger charge is -2.21. The summed E-state index contributed by atoms with van der Waals surface area (Å²) >= 11 is 0. The predicted octanol–water partition coefficient (Wildman–Crippen LogP) is 1.61. The molecule has 0 amide bonds. The Morgan fingerprint density at radius 2 is 2.19 bits per heavy atom. The number of H-pyrrole nitrogens is 1. The summed E-state index contributed by atoms with van der Waals surface area (Å²) in [7, 11) is 0. The quantitative estimate of drug-likeness (QED) is 0.810. The van der Waals surface area contributed by atoms with E-state index in [2.05, 4.69) is 20.5 Å². The number of nitrogens with zero attached hydrogens (tertiary/aromatic N) is 2. The first-order valence-corrected chi connectivity index (χ1v) is 6.54. The second-order valence-electron chi connectivity index (χ2n) is 5.17. The van der Waals surface area contributed by atoms with E-state index in [0.29, 0.717) is 5.92 Å². The summed E-state index contributed by atoms with van der Waals surface area (Å²) in [5.41, 5.74) is 0. The highest BCUT2D eigenvalue weighted by Crippen LogP contribution is 2.37. The largest absolute Gasteiger partial charge is 0.316 e. The number of hydrogen-bond donors (Lipinski definition) is 2. The lowest BCUT2D eigenvalue weighted by Crippen LogP contribution is -2.30. The van der Waals surface area contributed by atoms with E-state index in [0.717, 1.165) is 24.0 Å². The first-order chi connectivity index (χ1) is 7.92. The van der Waals surface area contributed by atoms with Crippen LogP contribution in [-0.2, 0) is 6.42 Å². The fourth-order valence-electron chi connectivity index (χ4n) is 2.46. The van der Waals surface area contributed by atoms with E-state index >= 15 is 0 Å². The maximum absolute atomic E-state index is 4.57. The average molecular weight is 220 g/mol. The second-order valence-corrected chi connectivity index (χ2v) is 5.17. The molecule has 2 fully saturated rings. The van der Waals surface area contributed by atoms with Crippen LogP contribution in [0.2, 0.25) is 0 Å². The van der Waals surface area contributed by atoms with Crippen LogP contribution in [0, 0.1) is 5.92 Å². The monoisotopic (exact) mass is 220 g/mol. The minimum absolute atomic E-state index is 0.668. The summed E-state index contributed by atoms with van der Waals surface area (Å²) in [4.78, 5) is 4.57. The molecular weight excluding hydrogens is 200 g/mol. The Kier molecular flexibility index (Phi) is 2.91. The van der Waals surface area contributed by atoms with Gasteiger partial charge in [0.05, 0.1) is 0 Å². The normalized spacial score (nSPS) is 25.9. The Labute approximate surface area is 96.2 Å². The van der Waals surface area contributed by atoms with E-state index in [9.17, 15) is 0 Å². The molecule has 4 heteroatoms. The molecule has 1 aromatic heterocycles. The zero-order valence-electron chi connectivity index (χ0n) is 9.71. The molecule has 88 valence electrons. The van der Waals surface area contributed by atoms with E-state index in [1.807, 2.05) is 0 Å². The molecule has 4 nitrogen and oxygen atoms in total. The lowest BCUT2D eigenvalue weighted by molar-refractivity contribution is 0.356. The van der Waals surface area contributed by atoms with Gasteiger partial charge in [-0.2, -0.15) is 5.10 Å². The van der Waals surface area contributed by atoms with Crippen molar-refractivity contribution in [3.05, 3.63) is 11.6 Å². The van der Waals surface area contributed by atoms with Crippen LogP contribution in [0.1, 0.15) is 49.7 Å². The third kappa shape index (κ3) is 2.43. The number of hydrogen-bond acceptors (Lipinski definition) is 3. The van der Waals surface area contributed by atoms with Crippen LogP contribution in [0.5, 0.6) is 0 Å². The molecule has 1 unspecified atom stereocenters. The highest BCUT2D eigenvalue weighted by atomic mass is 15.2. The molecule has 2 heterocycles. The smallest absolute Gasteiger partial charge is 0.153 e. The Bertz CT molecular complexity index is 337. The number of aromatic amines is 1.